The van der Waals surface area contributed by atoms with Crippen molar-refractivity contribution in [3.05, 3.63) is 42.0 Å². The van der Waals surface area contributed by atoms with Gasteiger partial charge in [-0.3, -0.25) is 0 Å². The van der Waals surface area contributed by atoms with E-state index in [4.69, 9.17) is 0 Å². The molecule has 0 N–H and O–H groups in total. The van der Waals surface area contributed by atoms with Crippen LogP contribution in [-0.4, -0.2) is 8.42 Å². The Hall–Kier alpha value is -1.35. The van der Waals surface area contributed by atoms with Crippen molar-refractivity contribution in [2.75, 3.05) is 0 Å². The van der Waals surface area contributed by atoms with Crippen molar-refractivity contribution in [2.45, 2.75) is 11.8 Å². The minimum Gasteiger partial charge on any atom is -0.227 e. The molecule has 2 nitrogen and oxygen atoms in total. The van der Waals surface area contributed by atoms with Gasteiger partial charge in [0.2, 0.25) is 0 Å². The molecule has 0 fully saturated rings. The third-order valence-electron chi connectivity index (χ3n) is 2.37. The summed E-state index contributed by atoms with van der Waals surface area (Å²) in [6.07, 6.45) is 0. The van der Waals surface area contributed by atoms with Crippen LogP contribution in [0, 0.1) is 6.92 Å². The summed E-state index contributed by atoms with van der Waals surface area (Å²) in [4.78, 5) is 0.415. The Morgan fingerprint density at radius 1 is 1.00 bits per heavy atom. The van der Waals surface area contributed by atoms with Gasteiger partial charge in [0, 0.05) is 0 Å². The van der Waals surface area contributed by atoms with Gasteiger partial charge in [-0.1, -0.05) is 30.3 Å². The van der Waals surface area contributed by atoms with Crippen LogP contribution in [0.2, 0.25) is 0 Å². The van der Waals surface area contributed by atoms with Crippen molar-refractivity contribution < 1.29 is 8.42 Å². The maximum Gasteiger partial charge on any atom is 0.168 e. The first kappa shape index (κ1) is 9.21. The van der Waals surface area contributed by atoms with E-state index in [2.05, 4.69) is 0 Å². The quantitative estimate of drug-likeness (QED) is 0.725. The molecule has 0 aliphatic heterocycles. The minimum absolute atomic E-state index is 0.415. The van der Waals surface area contributed by atoms with E-state index in [-0.39, 0.29) is 0 Å². The lowest BCUT2D eigenvalue weighted by Crippen LogP contribution is -1.87. The molecule has 0 amide bonds. The van der Waals surface area contributed by atoms with E-state index >= 15 is 0 Å². The van der Waals surface area contributed by atoms with Crippen LogP contribution < -0.4 is 0 Å². The Bertz CT molecular complexity index is 548. The average Bonchev–Trinajstić information content (AvgIpc) is 2.18. The molecule has 0 radical (unpaired) electrons. The summed E-state index contributed by atoms with van der Waals surface area (Å²) >= 11 is 0. The predicted octanol–water partition coefficient (Wildman–Crippen LogP) is 2.12. The van der Waals surface area contributed by atoms with Gasteiger partial charge in [-0.25, -0.2) is 8.42 Å². The molecule has 0 spiro atoms. The maximum absolute atomic E-state index is 10.9. The molecule has 0 atom stereocenters. The van der Waals surface area contributed by atoms with Gasteiger partial charge in [-0.15, -0.1) is 0 Å². The normalized spacial score (nSPS) is 11.0. The monoisotopic (exact) mass is 206 g/mol. The lowest BCUT2D eigenvalue weighted by Gasteiger charge is -2.03. The van der Waals surface area contributed by atoms with Crippen LogP contribution in [0.1, 0.15) is 5.56 Å². The van der Waals surface area contributed by atoms with Crippen LogP contribution in [0.25, 0.3) is 10.8 Å². The zero-order valence-electron chi connectivity index (χ0n) is 7.73. The zero-order valence-corrected chi connectivity index (χ0v) is 8.62. The Kier molecular flexibility index (Phi) is 2.25. The summed E-state index contributed by atoms with van der Waals surface area (Å²) in [5.74, 6) is 0. The highest BCUT2D eigenvalue weighted by Crippen LogP contribution is 2.22. The third-order valence-corrected chi connectivity index (χ3v) is 3.24. The fourth-order valence-electron chi connectivity index (χ4n) is 1.61. The van der Waals surface area contributed by atoms with Crippen molar-refractivity contribution in [3.8, 4) is 0 Å². The van der Waals surface area contributed by atoms with Crippen molar-refractivity contribution in [1.82, 2.24) is 0 Å². The van der Waals surface area contributed by atoms with Gasteiger partial charge in [-0.2, -0.15) is 0 Å². The van der Waals surface area contributed by atoms with Gasteiger partial charge >= 0.3 is 0 Å². The smallest absolute Gasteiger partial charge is 0.168 e. The second kappa shape index (κ2) is 3.42. The molecule has 0 unspecified atom stereocenters. The minimum atomic E-state index is -2.49. The summed E-state index contributed by atoms with van der Waals surface area (Å²) in [5.41, 5.74) is 0.833. The lowest BCUT2D eigenvalue weighted by atomic mass is 10.1. The Morgan fingerprint density at radius 2 is 1.71 bits per heavy atom. The van der Waals surface area contributed by atoms with Crippen molar-refractivity contribution in [1.29, 1.82) is 0 Å². The number of benzene rings is 2. The van der Waals surface area contributed by atoms with Gasteiger partial charge in [0.05, 0.1) is 4.90 Å². The summed E-state index contributed by atoms with van der Waals surface area (Å²) in [7, 11) is -2.49. The molecular weight excluding hydrogens is 196 g/mol. The molecule has 3 heteroatoms. The van der Waals surface area contributed by atoms with E-state index < -0.39 is 10.7 Å². The molecule has 0 aliphatic rings. The molecule has 0 aliphatic carbocycles. The van der Waals surface area contributed by atoms with Crippen molar-refractivity contribution in [3.63, 3.8) is 0 Å². The SMILES string of the molecule is Cc1c([SH](=O)=O)ccc2ccccc12. The molecular formula is C11H10O2S. The number of rotatable bonds is 1. The van der Waals surface area contributed by atoms with Crippen LogP contribution in [-0.2, 0) is 10.7 Å². The molecule has 0 saturated heterocycles. The van der Waals surface area contributed by atoms with E-state index in [1.807, 2.05) is 37.3 Å². The highest BCUT2D eigenvalue weighted by molar-refractivity contribution is 7.72. The van der Waals surface area contributed by atoms with E-state index in [1.165, 1.54) is 0 Å². The van der Waals surface area contributed by atoms with Crippen molar-refractivity contribution in [2.24, 2.45) is 0 Å². The molecule has 0 heterocycles. The molecule has 72 valence electrons. The van der Waals surface area contributed by atoms with E-state index in [0.29, 0.717) is 4.90 Å². The standard InChI is InChI=1S/C11H10O2S/c1-8-10-5-3-2-4-9(10)6-7-11(8)14(12)13/h2-7,14H,1H3. The maximum atomic E-state index is 10.9. The first-order valence-corrected chi connectivity index (χ1v) is 5.50. The third kappa shape index (κ3) is 1.40. The Morgan fingerprint density at radius 3 is 2.43 bits per heavy atom. The molecule has 14 heavy (non-hydrogen) atoms. The van der Waals surface area contributed by atoms with Crippen LogP contribution in [0.3, 0.4) is 0 Å². The summed E-state index contributed by atoms with van der Waals surface area (Å²) in [6.45, 7) is 1.84. The van der Waals surface area contributed by atoms with E-state index in [9.17, 15) is 8.42 Å². The Balaban J connectivity index is 2.88. The number of hydrogen-bond acceptors (Lipinski definition) is 2. The van der Waals surface area contributed by atoms with Crippen molar-refractivity contribution >= 4 is 21.5 Å². The van der Waals surface area contributed by atoms with Crippen LogP contribution in [0.4, 0.5) is 0 Å². The lowest BCUT2D eigenvalue weighted by molar-refractivity contribution is 0.614. The predicted molar refractivity (Wildman–Crippen MR) is 57.3 cm³/mol. The number of aryl methyl sites for hydroxylation is 1. The van der Waals surface area contributed by atoms with Crippen LogP contribution in [0.5, 0.6) is 0 Å². The molecule has 0 bridgehead atoms. The van der Waals surface area contributed by atoms with Crippen LogP contribution >= 0.6 is 0 Å². The molecule has 0 saturated carbocycles. The van der Waals surface area contributed by atoms with Gasteiger partial charge in [0.1, 0.15) is 0 Å². The highest BCUT2D eigenvalue weighted by atomic mass is 32.2. The summed E-state index contributed by atoms with van der Waals surface area (Å²) < 4.78 is 21.8. The molecule has 2 aromatic carbocycles. The van der Waals surface area contributed by atoms with Gasteiger partial charge in [0.25, 0.3) is 0 Å². The average molecular weight is 206 g/mol. The van der Waals surface area contributed by atoms with Crippen LogP contribution in [0.15, 0.2) is 41.3 Å². The summed E-state index contributed by atoms with van der Waals surface area (Å²) in [6, 6.07) is 11.3. The number of fused-ring (bicyclic) bond motifs is 1. The second-order valence-corrected chi connectivity index (χ2v) is 4.18. The van der Waals surface area contributed by atoms with Gasteiger partial charge in [-0.05, 0) is 29.3 Å². The fourth-order valence-corrected chi connectivity index (χ4v) is 2.20. The molecule has 2 aromatic rings. The number of thiol groups is 1. The number of hydrogen-bond donors (Lipinski definition) is 1. The van der Waals surface area contributed by atoms with Gasteiger partial charge in [0.15, 0.2) is 10.7 Å². The largest absolute Gasteiger partial charge is 0.227 e. The first-order valence-electron chi connectivity index (χ1n) is 4.33. The summed E-state index contributed by atoms with van der Waals surface area (Å²) in [5, 5.41) is 2.08. The zero-order chi connectivity index (χ0) is 10.1. The second-order valence-electron chi connectivity index (χ2n) is 3.19. The fraction of sp³-hybridized carbons (Fsp3) is 0.0909. The first-order chi connectivity index (χ1) is 6.70. The highest BCUT2D eigenvalue weighted by Gasteiger charge is 2.03. The van der Waals surface area contributed by atoms with E-state index in [1.54, 1.807) is 6.07 Å². The van der Waals surface area contributed by atoms with E-state index in [0.717, 1.165) is 16.3 Å². The Labute approximate surface area is 84.1 Å². The molecule has 2 rings (SSSR count). The topological polar surface area (TPSA) is 34.1 Å². The van der Waals surface area contributed by atoms with Gasteiger partial charge < -0.3 is 0 Å². The molecule has 0 aromatic heterocycles.